The van der Waals surface area contributed by atoms with Gasteiger partial charge in [0.15, 0.2) is 5.69 Å². The number of carbonyl (C=O) groups is 2. The third kappa shape index (κ3) is 5.17. The van der Waals surface area contributed by atoms with Gasteiger partial charge in [-0.3, -0.25) is 19.6 Å². The van der Waals surface area contributed by atoms with E-state index in [-0.39, 0.29) is 22.8 Å². The van der Waals surface area contributed by atoms with Gasteiger partial charge in [0.2, 0.25) is 0 Å². The van der Waals surface area contributed by atoms with Gasteiger partial charge in [0.25, 0.3) is 11.6 Å². The van der Waals surface area contributed by atoms with Gasteiger partial charge in [-0.15, -0.1) is 0 Å². The van der Waals surface area contributed by atoms with Crippen LogP contribution in [0.15, 0.2) is 48.7 Å². The summed E-state index contributed by atoms with van der Waals surface area (Å²) in [6.45, 7) is 3.19. The van der Waals surface area contributed by atoms with Crippen molar-refractivity contribution < 1.29 is 24.4 Å². The topological polar surface area (TPSA) is 137 Å². The molecule has 1 unspecified atom stereocenters. The van der Waals surface area contributed by atoms with Gasteiger partial charge >= 0.3 is 5.97 Å². The zero-order valence-electron chi connectivity index (χ0n) is 16.4. The Labute approximate surface area is 181 Å². The molecular weight excluding hydrogens is 428 g/mol. The van der Waals surface area contributed by atoms with E-state index in [0.29, 0.717) is 10.8 Å². The number of carbonyl (C=O) groups excluding carboxylic acids is 1. The molecule has 11 heteroatoms. The maximum absolute atomic E-state index is 12.5. The van der Waals surface area contributed by atoms with Crippen molar-refractivity contribution >= 4 is 34.9 Å². The van der Waals surface area contributed by atoms with Crippen molar-refractivity contribution in [1.29, 1.82) is 0 Å². The van der Waals surface area contributed by atoms with E-state index in [2.05, 4.69) is 10.4 Å². The van der Waals surface area contributed by atoms with Crippen LogP contribution in [0, 0.1) is 17.0 Å². The zero-order valence-corrected chi connectivity index (χ0v) is 17.2. The van der Waals surface area contributed by atoms with E-state index < -0.39 is 22.8 Å². The van der Waals surface area contributed by atoms with E-state index in [4.69, 9.17) is 21.4 Å². The molecule has 1 atom stereocenters. The van der Waals surface area contributed by atoms with Crippen LogP contribution in [-0.4, -0.2) is 31.7 Å². The highest BCUT2D eigenvalue weighted by Gasteiger charge is 2.19. The van der Waals surface area contributed by atoms with Crippen molar-refractivity contribution in [3.8, 4) is 11.5 Å². The van der Waals surface area contributed by atoms with E-state index in [0.717, 1.165) is 10.2 Å². The van der Waals surface area contributed by atoms with Gasteiger partial charge < -0.3 is 15.2 Å². The Kier molecular flexibility index (Phi) is 6.21. The highest BCUT2D eigenvalue weighted by Crippen LogP contribution is 2.32. The number of aromatic nitrogens is 2. The van der Waals surface area contributed by atoms with Gasteiger partial charge in [-0.1, -0.05) is 11.6 Å². The van der Waals surface area contributed by atoms with Crippen molar-refractivity contribution in [2.75, 3.05) is 5.32 Å². The fourth-order valence-electron chi connectivity index (χ4n) is 2.66. The number of aryl methyl sites for hydroxylation is 1. The summed E-state index contributed by atoms with van der Waals surface area (Å²) >= 11 is 5.93. The lowest BCUT2D eigenvalue weighted by Crippen LogP contribution is -2.18. The summed E-state index contributed by atoms with van der Waals surface area (Å²) in [6.07, 6.45) is 1.36. The lowest BCUT2D eigenvalue weighted by atomic mass is 10.2. The molecule has 3 aromatic rings. The van der Waals surface area contributed by atoms with E-state index >= 15 is 0 Å². The summed E-state index contributed by atoms with van der Waals surface area (Å²) in [7, 11) is 0. The van der Waals surface area contributed by atoms with Crippen LogP contribution in [0.4, 0.5) is 11.4 Å². The fraction of sp³-hybridized carbons (Fsp3) is 0.150. The molecule has 3 rings (SSSR count). The maximum atomic E-state index is 12.5. The Hall–Kier alpha value is -3.92. The van der Waals surface area contributed by atoms with E-state index in [1.54, 1.807) is 25.1 Å². The number of carboxylic acid groups (broad SMARTS) is 1. The van der Waals surface area contributed by atoms with Gasteiger partial charge in [-0.25, -0.2) is 4.79 Å². The first kappa shape index (κ1) is 21.8. The number of halogens is 1. The summed E-state index contributed by atoms with van der Waals surface area (Å²) < 4.78 is 6.87. The molecule has 0 aliphatic carbocycles. The summed E-state index contributed by atoms with van der Waals surface area (Å²) in [5.41, 5.74) is 0.504. The van der Waals surface area contributed by atoms with E-state index in [9.17, 15) is 19.7 Å². The molecule has 0 spiro atoms. The number of hydrogen-bond acceptors (Lipinski definition) is 6. The third-order valence-electron chi connectivity index (χ3n) is 4.32. The van der Waals surface area contributed by atoms with Crippen LogP contribution in [0.2, 0.25) is 5.02 Å². The van der Waals surface area contributed by atoms with Crippen molar-refractivity contribution in [2.24, 2.45) is 0 Å². The number of ether oxygens (including phenoxy) is 1. The minimum atomic E-state index is -1.10. The first-order valence-electron chi connectivity index (χ1n) is 8.97. The number of anilines is 1. The monoisotopic (exact) mass is 444 g/mol. The molecule has 10 nitrogen and oxygen atoms in total. The van der Waals surface area contributed by atoms with Crippen LogP contribution in [0.25, 0.3) is 0 Å². The van der Waals surface area contributed by atoms with Crippen molar-refractivity contribution in [3.63, 3.8) is 0 Å². The maximum Gasteiger partial charge on any atom is 0.328 e. The largest absolute Gasteiger partial charge is 0.480 e. The Morgan fingerprint density at radius 1 is 1.26 bits per heavy atom. The summed E-state index contributed by atoms with van der Waals surface area (Å²) in [6, 6.07) is 9.16. The van der Waals surface area contributed by atoms with E-state index in [1.807, 2.05) is 0 Å². The molecule has 0 aliphatic rings. The number of aliphatic carboxylic acids is 1. The second-order valence-corrected chi connectivity index (χ2v) is 7.07. The first-order chi connectivity index (χ1) is 14.6. The number of amides is 1. The number of non-ortho nitro benzene ring substituents is 1. The average molecular weight is 445 g/mol. The van der Waals surface area contributed by atoms with Crippen LogP contribution < -0.4 is 10.1 Å². The fourth-order valence-corrected chi connectivity index (χ4v) is 2.88. The number of nitrogens with one attached hydrogen (secondary N) is 1. The SMILES string of the molecule is Cc1cc(Cl)ccc1Oc1cc(NC(=O)c2ccn(C(C)C(=O)O)n2)cc([N+](=O)[O-])c1. The summed E-state index contributed by atoms with van der Waals surface area (Å²) in [5.74, 6) is -1.18. The number of benzene rings is 2. The molecule has 1 aromatic heterocycles. The van der Waals surface area contributed by atoms with Gasteiger partial charge in [-0.05, 0) is 43.7 Å². The number of rotatable bonds is 7. The third-order valence-corrected chi connectivity index (χ3v) is 4.56. The molecular formula is C20H17ClN4O6. The Morgan fingerprint density at radius 2 is 2.00 bits per heavy atom. The molecule has 160 valence electrons. The van der Waals surface area contributed by atoms with Gasteiger partial charge in [0.05, 0.1) is 16.7 Å². The number of nitro groups is 1. The van der Waals surface area contributed by atoms with Gasteiger partial charge in [0.1, 0.15) is 17.5 Å². The van der Waals surface area contributed by atoms with Crippen molar-refractivity contribution in [2.45, 2.75) is 19.9 Å². The van der Waals surface area contributed by atoms with Crippen LogP contribution in [0.1, 0.15) is 29.0 Å². The number of hydrogen-bond donors (Lipinski definition) is 2. The highest BCUT2D eigenvalue weighted by molar-refractivity contribution is 6.30. The van der Waals surface area contributed by atoms with Crippen molar-refractivity contribution in [3.05, 3.63) is 75.1 Å². The Balaban J connectivity index is 1.86. The zero-order chi connectivity index (χ0) is 22.7. The molecule has 0 saturated carbocycles. The minimum Gasteiger partial charge on any atom is -0.480 e. The Bertz CT molecular complexity index is 1180. The molecule has 0 radical (unpaired) electrons. The predicted molar refractivity (Wildman–Crippen MR) is 112 cm³/mol. The lowest BCUT2D eigenvalue weighted by Gasteiger charge is -2.11. The molecule has 2 N–H and O–H groups in total. The van der Waals surface area contributed by atoms with Crippen LogP contribution in [0.5, 0.6) is 11.5 Å². The average Bonchev–Trinajstić information content (AvgIpc) is 3.19. The molecule has 1 heterocycles. The van der Waals surface area contributed by atoms with Crippen molar-refractivity contribution in [1.82, 2.24) is 9.78 Å². The standard InChI is InChI=1S/C20H17ClN4O6/c1-11-7-13(21)3-4-18(11)31-16-9-14(8-15(10-16)25(29)30)22-19(26)17-5-6-24(23-17)12(2)20(27)28/h3-10,12H,1-2H3,(H,22,26)(H,27,28). The van der Waals surface area contributed by atoms with Gasteiger partial charge in [0, 0.05) is 23.4 Å². The number of nitro benzene ring substituents is 1. The number of nitrogens with zero attached hydrogens (tertiary/aromatic N) is 3. The van der Waals surface area contributed by atoms with Crippen LogP contribution >= 0.6 is 11.6 Å². The predicted octanol–water partition coefficient (Wildman–Crippen LogP) is 4.44. The van der Waals surface area contributed by atoms with Gasteiger partial charge in [-0.2, -0.15) is 5.10 Å². The molecule has 0 fully saturated rings. The number of carboxylic acids is 1. The van der Waals surface area contributed by atoms with E-state index in [1.165, 1.54) is 37.4 Å². The normalized spacial score (nSPS) is 11.6. The summed E-state index contributed by atoms with van der Waals surface area (Å²) in [4.78, 5) is 34.3. The molecule has 1 amide bonds. The second-order valence-electron chi connectivity index (χ2n) is 6.63. The molecule has 0 bridgehead atoms. The molecule has 2 aromatic carbocycles. The molecule has 31 heavy (non-hydrogen) atoms. The minimum absolute atomic E-state index is 0.0457. The molecule has 0 saturated heterocycles. The summed E-state index contributed by atoms with van der Waals surface area (Å²) in [5, 5.41) is 27.3. The van der Waals surface area contributed by atoms with Crippen LogP contribution in [-0.2, 0) is 4.79 Å². The first-order valence-corrected chi connectivity index (χ1v) is 9.34. The smallest absolute Gasteiger partial charge is 0.328 e. The highest BCUT2D eigenvalue weighted by atomic mass is 35.5. The quantitative estimate of drug-likeness (QED) is 0.405. The Morgan fingerprint density at radius 3 is 2.65 bits per heavy atom. The lowest BCUT2D eigenvalue weighted by molar-refractivity contribution is -0.384. The molecule has 0 aliphatic heterocycles. The second kappa shape index (κ2) is 8.84. The van der Waals surface area contributed by atoms with Crippen LogP contribution in [0.3, 0.4) is 0 Å².